The number of hydrogen-bond acceptors (Lipinski definition) is 1. The summed E-state index contributed by atoms with van der Waals surface area (Å²) in [6, 6.07) is 0. The monoisotopic (exact) mass is 195 g/mol. The molecular weight excluding hydrogens is 170 g/mol. The second kappa shape index (κ2) is 10.6. The molecule has 0 saturated heterocycles. The van der Waals surface area contributed by atoms with Gasteiger partial charge in [0.25, 0.3) is 0 Å². The summed E-state index contributed by atoms with van der Waals surface area (Å²) in [6.07, 6.45) is 6.34. The van der Waals surface area contributed by atoms with Crippen LogP contribution < -0.4 is 5.32 Å². The highest BCUT2D eigenvalue weighted by atomic mass is 14.8. The summed E-state index contributed by atoms with van der Waals surface area (Å²) in [6.45, 7) is 8.74. The van der Waals surface area contributed by atoms with Crippen molar-refractivity contribution in [2.75, 3.05) is 13.1 Å². The van der Waals surface area contributed by atoms with Gasteiger partial charge in [-0.25, -0.2) is 0 Å². The quantitative estimate of drug-likeness (QED) is 0.463. The molecule has 0 heterocycles. The highest BCUT2D eigenvalue weighted by Crippen LogP contribution is 2.01. The molecule has 0 aromatic carbocycles. The first-order valence-electron chi connectivity index (χ1n) is 5.87. The fourth-order valence-corrected chi connectivity index (χ4v) is 1.33. The number of unbranched alkanes of at least 4 members (excludes halogenated alkanes) is 4. The van der Waals surface area contributed by atoms with Crippen LogP contribution in [0.15, 0.2) is 0 Å². The normalized spacial score (nSPS) is 10.0. The maximum Gasteiger partial charge on any atom is 0.00885 e. The molecule has 0 rings (SSSR count). The average Bonchev–Trinajstić information content (AvgIpc) is 2.15. The van der Waals surface area contributed by atoms with Crippen LogP contribution in [0.1, 0.15) is 52.9 Å². The zero-order chi connectivity index (χ0) is 10.6. The van der Waals surface area contributed by atoms with Crippen molar-refractivity contribution in [1.82, 2.24) is 5.32 Å². The molecule has 0 unspecified atom stereocenters. The Bertz CT molecular complexity index is 162. The summed E-state index contributed by atoms with van der Waals surface area (Å²) in [7, 11) is 0. The van der Waals surface area contributed by atoms with E-state index in [-0.39, 0.29) is 0 Å². The molecule has 0 aromatic heterocycles. The Morgan fingerprint density at radius 1 is 1.07 bits per heavy atom. The van der Waals surface area contributed by atoms with Gasteiger partial charge in [0.2, 0.25) is 0 Å². The van der Waals surface area contributed by atoms with Crippen molar-refractivity contribution in [3.05, 3.63) is 0 Å². The lowest BCUT2D eigenvalue weighted by molar-refractivity contribution is 0.527. The Kier molecular flexibility index (Phi) is 10.2. The molecule has 1 heteroatoms. The molecule has 0 aliphatic heterocycles. The molecule has 0 aromatic rings. The van der Waals surface area contributed by atoms with Gasteiger partial charge in [0.15, 0.2) is 0 Å². The molecule has 82 valence electrons. The van der Waals surface area contributed by atoms with Crippen molar-refractivity contribution >= 4 is 0 Å². The number of nitrogens with one attached hydrogen (secondary N) is 1. The summed E-state index contributed by atoms with van der Waals surface area (Å²) in [5, 5.41) is 3.46. The van der Waals surface area contributed by atoms with E-state index in [4.69, 9.17) is 0 Å². The topological polar surface area (TPSA) is 12.0 Å². The molecule has 0 saturated carbocycles. The van der Waals surface area contributed by atoms with E-state index in [0.717, 1.165) is 18.9 Å². The largest absolute Gasteiger partial charge is 0.316 e. The van der Waals surface area contributed by atoms with E-state index in [1.165, 1.54) is 32.2 Å². The Morgan fingerprint density at radius 3 is 2.43 bits per heavy atom. The fourth-order valence-electron chi connectivity index (χ4n) is 1.33. The Balaban J connectivity index is 2.94. The van der Waals surface area contributed by atoms with Crippen molar-refractivity contribution in [3.8, 4) is 11.8 Å². The van der Waals surface area contributed by atoms with E-state index in [9.17, 15) is 0 Å². The lowest BCUT2D eigenvalue weighted by Gasteiger charge is -2.06. The average molecular weight is 195 g/mol. The highest BCUT2D eigenvalue weighted by molar-refractivity contribution is 4.94. The summed E-state index contributed by atoms with van der Waals surface area (Å²) in [5.41, 5.74) is 0. The first-order valence-corrected chi connectivity index (χ1v) is 5.87. The summed E-state index contributed by atoms with van der Waals surface area (Å²) in [5.74, 6) is 6.80. The molecule has 0 atom stereocenters. The molecule has 0 fully saturated rings. The SMILES string of the molecule is CC#CCCCCCCNCC(C)C. The van der Waals surface area contributed by atoms with Gasteiger partial charge in [-0.1, -0.05) is 26.7 Å². The van der Waals surface area contributed by atoms with E-state index in [2.05, 4.69) is 31.0 Å². The lowest BCUT2D eigenvalue weighted by Crippen LogP contribution is -2.20. The third-order valence-electron chi connectivity index (χ3n) is 2.13. The van der Waals surface area contributed by atoms with Crippen LogP contribution in [0.2, 0.25) is 0 Å². The molecule has 0 radical (unpaired) electrons. The van der Waals surface area contributed by atoms with Gasteiger partial charge in [0.1, 0.15) is 0 Å². The van der Waals surface area contributed by atoms with Crippen molar-refractivity contribution in [3.63, 3.8) is 0 Å². The van der Waals surface area contributed by atoms with Crippen LogP contribution in [-0.4, -0.2) is 13.1 Å². The van der Waals surface area contributed by atoms with Gasteiger partial charge in [0.05, 0.1) is 0 Å². The predicted octanol–water partition coefficient (Wildman–Crippen LogP) is 3.21. The van der Waals surface area contributed by atoms with E-state index in [1.807, 2.05) is 6.92 Å². The highest BCUT2D eigenvalue weighted by Gasteiger charge is 1.92. The second-order valence-electron chi connectivity index (χ2n) is 4.19. The Labute approximate surface area is 89.7 Å². The minimum atomic E-state index is 0.773. The third kappa shape index (κ3) is 11.5. The molecule has 14 heavy (non-hydrogen) atoms. The minimum Gasteiger partial charge on any atom is -0.316 e. The molecule has 0 aliphatic rings. The van der Waals surface area contributed by atoms with Crippen LogP contribution in [0.4, 0.5) is 0 Å². The van der Waals surface area contributed by atoms with Crippen molar-refractivity contribution in [2.45, 2.75) is 52.9 Å². The van der Waals surface area contributed by atoms with Crippen LogP contribution in [0.25, 0.3) is 0 Å². The maximum atomic E-state index is 3.46. The molecular formula is C13H25N. The van der Waals surface area contributed by atoms with Gasteiger partial charge in [-0.3, -0.25) is 0 Å². The van der Waals surface area contributed by atoms with Gasteiger partial charge in [-0.2, -0.15) is 0 Å². The van der Waals surface area contributed by atoms with Crippen LogP contribution in [0.3, 0.4) is 0 Å². The van der Waals surface area contributed by atoms with E-state index >= 15 is 0 Å². The van der Waals surface area contributed by atoms with Crippen molar-refractivity contribution in [1.29, 1.82) is 0 Å². The van der Waals surface area contributed by atoms with Crippen LogP contribution in [0, 0.1) is 17.8 Å². The van der Waals surface area contributed by atoms with E-state index < -0.39 is 0 Å². The first-order chi connectivity index (χ1) is 6.77. The van der Waals surface area contributed by atoms with E-state index in [1.54, 1.807) is 0 Å². The molecule has 1 N–H and O–H groups in total. The second-order valence-corrected chi connectivity index (χ2v) is 4.19. The summed E-state index contributed by atoms with van der Waals surface area (Å²) in [4.78, 5) is 0. The van der Waals surface area contributed by atoms with Gasteiger partial charge in [-0.15, -0.1) is 11.8 Å². The van der Waals surface area contributed by atoms with Gasteiger partial charge in [0, 0.05) is 6.42 Å². The predicted molar refractivity (Wildman–Crippen MR) is 64.2 cm³/mol. The fraction of sp³-hybridized carbons (Fsp3) is 0.846. The van der Waals surface area contributed by atoms with Crippen molar-refractivity contribution in [2.24, 2.45) is 5.92 Å². The standard InChI is InChI=1S/C13H25N/c1-4-5-6-7-8-9-10-11-14-12-13(2)3/h13-14H,6-12H2,1-3H3. The third-order valence-corrected chi connectivity index (χ3v) is 2.13. The lowest BCUT2D eigenvalue weighted by atomic mass is 10.1. The van der Waals surface area contributed by atoms with Crippen LogP contribution in [-0.2, 0) is 0 Å². The minimum absolute atomic E-state index is 0.773. The zero-order valence-corrected chi connectivity index (χ0v) is 10.0. The molecule has 0 amide bonds. The maximum absolute atomic E-state index is 3.46. The van der Waals surface area contributed by atoms with Crippen molar-refractivity contribution < 1.29 is 0 Å². The molecule has 0 bridgehead atoms. The Morgan fingerprint density at radius 2 is 1.79 bits per heavy atom. The van der Waals surface area contributed by atoms with E-state index in [0.29, 0.717) is 0 Å². The van der Waals surface area contributed by atoms with Gasteiger partial charge >= 0.3 is 0 Å². The summed E-state index contributed by atoms with van der Waals surface area (Å²) >= 11 is 0. The smallest absolute Gasteiger partial charge is 0.00885 e. The Hall–Kier alpha value is -0.480. The first kappa shape index (κ1) is 13.5. The number of hydrogen-bond donors (Lipinski definition) is 1. The van der Waals surface area contributed by atoms with Gasteiger partial charge < -0.3 is 5.32 Å². The van der Waals surface area contributed by atoms with Crippen LogP contribution in [0.5, 0.6) is 0 Å². The van der Waals surface area contributed by atoms with Crippen LogP contribution >= 0.6 is 0 Å². The molecule has 0 spiro atoms. The zero-order valence-electron chi connectivity index (χ0n) is 10.0. The van der Waals surface area contributed by atoms with Gasteiger partial charge in [-0.05, 0) is 38.8 Å². The molecule has 1 nitrogen and oxygen atoms in total. The summed E-state index contributed by atoms with van der Waals surface area (Å²) < 4.78 is 0. The number of rotatable bonds is 8. The molecule has 0 aliphatic carbocycles.